The molecular formula is C12H26ClN3O2. The van der Waals surface area contributed by atoms with Crippen LogP contribution in [0.25, 0.3) is 0 Å². The number of nitrogens with two attached hydrogens (primary N) is 1. The molecule has 0 saturated heterocycles. The van der Waals surface area contributed by atoms with Gasteiger partial charge in [-0.3, -0.25) is 9.59 Å². The summed E-state index contributed by atoms with van der Waals surface area (Å²) in [5.74, 6) is -0.271. The number of nitrogens with one attached hydrogen (secondary N) is 2. The fraction of sp³-hybridized carbons (Fsp3) is 0.833. The summed E-state index contributed by atoms with van der Waals surface area (Å²) < 4.78 is 0. The van der Waals surface area contributed by atoms with E-state index in [1.807, 2.05) is 27.7 Å². The van der Waals surface area contributed by atoms with Gasteiger partial charge in [-0.25, -0.2) is 0 Å². The highest BCUT2D eigenvalue weighted by Gasteiger charge is 2.16. The van der Waals surface area contributed by atoms with E-state index in [-0.39, 0.29) is 42.2 Å². The number of halogens is 1. The largest absolute Gasteiger partial charge is 0.355 e. The fourth-order valence-corrected chi connectivity index (χ4v) is 1.22. The van der Waals surface area contributed by atoms with Gasteiger partial charge in [-0.15, -0.1) is 12.4 Å². The Labute approximate surface area is 116 Å². The lowest BCUT2D eigenvalue weighted by Crippen LogP contribution is -2.39. The zero-order chi connectivity index (χ0) is 13.5. The Morgan fingerprint density at radius 3 is 2.17 bits per heavy atom. The number of carbonyl (C=O) groups is 2. The maximum atomic E-state index is 11.4. The van der Waals surface area contributed by atoms with Gasteiger partial charge in [0.1, 0.15) is 0 Å². The molecule has 6 heteroatoms. The molecule has 0 aliphatic heterocycles. The smallest absolute Gasteiger partial charge is 0.239 e. The van der Waals surface area contributed by atoms with Gasteiger partial charge in [-0.2, -0.15) is 0 Å². The topological polar surface area (TPSA) is 84.2 Å². The molecule has 18 heavy (non-hydrogen) atoms. The van der Waals surface area contributed by atoms with E-state index in [4.69, 9.17) is 5.73 Å². The first-order valence-electron chi connectivity index (χ1n) is 5.99. The number of hydrogen-bond donors (Lipinski definition) is 3. The molecule has 0 radical (unpaired) electrons. The highest BCUT2D eigenvalue weighted by atomic mass is 35.5. The molecule has 0 saturated carbocycles. The summed E-state index contributed by atoms with van der Waals surface area (Å²) in [6, 6.07) is 0.0748. The van der Waals surface area contributed by atoms with Crippen LogP contribution in [0.4, 0.5) is 0 Å². The zero-order valence-corrected chi connectivity index (χ0v) is 12.5. The maximum absolute atomic E-state index is 11.4. The van der Waals surface area contributed by atoms with Crippen molar-refractivity contribution in [2.24, 2.45) is 11.1 Å². The second kappa shape index (κ2) is 9.16. The molecular weight excluding hydrogens is 254 g/mol. The quantitative estimate of drug-likeness (QED) is 0.673. The third-order valence-electron chi connectivity index (χ3n) is 2.06. The van der Waals surface area contributed by atoms with Crippen LogP contribution in [0.5, 0.6) is 0 Å². The SMILES string of the molecule is CC(N)CCNC(=O)CNC(=O)CC(C)(C)C.Cl. The number of hydrogen-bond acceptors (Lipinski definition) is 3. The minimum absolute atomic E-state index is 0. The van der Waals surface area contributed by atoms with E-state index >= 15 is 0 Å². The molecule has 108 valence electrons. The van der Waals surface area contributed by atoms with Crippen LogP contribution >= 0.6 is 12.4 Å². The number of rotatable bonds is 6. The van der Waals surface area contributed by atoms with E-state index in [9.17, 15) is 9.59 Å². The highest BCUT2D eigenvalue weighted by Crippen LogP contribution is 2.17. The molecule has 1 atom stereocenters. The molecule has 0 aliphatic carbocycles. The molecule has 2 amide bonds. The van der Waals surface area contributed by atoms with E-state index in [0.717, 1.165) is 6.42 Å². The van der Waals surface area contributed by atoms with Crippen molar-refractivity contribution >= 4 is 24.2 Å². The Bertz CT molecular complexity index is 263. The van der Waals surface area contributed by atoms with Gasteiger partial charge in [0.25, 0.3) is 0 Å². The second-order valence-corrected chi connectivity index (χ2v) is 5.63. The third-order valence-corrected chi connectivity index (χ3v) is 2.06. The third kappa shape index (κ3) is 13.3. The summed E-state index contributed by atoms with van der Waals surface area (Å²) >= 11 is 0. The predicted molar refractivity (Wildman–Crippen MR) is 75.6 cm³/mol. The zero-order valence-electron chi connectivity index (χ0n) is 11.7. The second-order valence-electron chi connectivity index (χ2n) is 5.63. The first-order chi connectivity index (χ1) is 7.70. The molecule has 0 heterocycles. The van der Waals surface area contributed by atoms with Gasteiger partial charge in [0.15, 0.2) is 0 Å². The van der Waals surface area contributed by atoms with Crippen molar-refractivity contribution in [3.8, 4) is 0 Å². The van der Waals surface area contributed by atoms with Gasteiger partial charge in [0.05, 0.1) is 6.54 Å². The summed E-state index contributed by atoms with van der Waals surface area (Å²) in [6.45, 7) is 8.41. The molecule has 0 aromatic heterocycles. The normalized spacial score (nSPS) is 12.3. The van der Waals surface area contributed by atoms with Crippen molar-refractivity contribution in [1.82, 2.24) is 10.6 Å². The molecule has 0 aromatic rings. The lowest BCUT2D eigenvalue weighted by atomic mass is 9.92. The van der Waals surface area contributed by atoms with Gasteiger partial charge in [-0.05, 0) is 18.8 Å². The maximum Gasteiger partial charge on any atom is 0.239 e. The summed E-state index contributed by atoms with van der Waals surface area (Å²) in [5, 5.41) is 5.29. The van der Waals surface area contributed by atoms with Crippen LogP contribution in [0.15, 0.2) is 0 Å². The van der Waals surface area contributed by atoms with Crippen molar-refractivity contribution in [3.63, 3.8) is 0 Å². The van der Waals surface area contributed by atoms with Crippen molar-refractivity contribution in [1.29, 1.82) is 0 Å². The highest BCUT2D eigenvalue weighted by molar-refractivity contribution is 5.85. The molecule has 0 aliphatic rings. The average molecular weight is 280 g/mol. The Hall–Kier alpha value is -0.810. The van der Waals surface area contributed by atoms with E-state index < -0.39 is 0 Å². The van der Waals surface area contributed by atoms with Gasteiger partial charge in [0.2, 0.25) is 11.8 Å². The van der Waals surface area contributed by atoms with Crippen LogP contribution in [0.3, 0.4) is 0 Å². The molecule has 4 N–H and O–H groups in total. The van der Waals surface area contributed by atoms with Crippen LogP contribution in [-0.4, -0.2) is 30.9 Å². The molecule has 1 unspecified atom stereocenters. The van der Waals surface area contributed by atoms with Crippen LogP contribution in [0, 0.1) is 5.41 Å². The summed E-state index contributed by atoms with van der Waals surface area (Å²) in [6.07, 6.45) is 1.15. The van der Waals surface area contributed by atoms with Crippen LogP contribution in [0.1, 0.15) is 40.5 Å². The van der Waals surface area contributed by atoms with Crippen LogP contribution in [0.2, 0.25) is 0 Å². The standard InChI is InChI=1S/C12H25N3O2.ClH/c1-9(13)5-6-14-11(17)8-15-10(16)7-12(2,3)4;/h9H,5-8,13H2,1-4H3,(H,14,17)(H,15,16);1H. The average Bonchev–Trinajstić information content (AvgIpc) is 2.11. The minimum Gasteiger partial charge on any atom is -0.355 e. The molecule has 0 fully saturated rings. The molecule has 0 aromatic carbocycles. The summed E-state index contributed by atoms with van der Waals surface area (Å²) in [5.41, 5.74) is 5.49. The first kappa shape index (κ1) is 19.5. The van der Waals surface area contributed by atoms with E-state index in [1.165, 1.54) is 0 Å². The molecule has 0 spiro atoms. The van der Waals surface area contributed by atoms with E-state index in [2.05, 4.69) is 10.6 Å². The Kier molecular flexibility index (Phi) is 9.94. The fourth-order valence-electron chi connectivity index (χ4n) is 1.22. The first-order valence-corrected chi connectivity index (χ1v) is 5.99. The summed E-state index contributed by atoms with van der Waals surface area (Å²) in [4.78, 5) is 22.8. The van der Waals surface area contributed by atoms with Crippen molar-refractivity contribution in [2.45, 2.75) is 46.6 Å². The van der Waals surface area contributed by atoms with Crippen LogP contribution < -0.4 is 16.4 Å². The summed E-state index contributed by atoms with van der Waals surface area (Å²) in [7, 11) is 0. The lowest BCUT2D eigenvalue weighted by Gasteiger charge is -2.17. The van der Waals surface area contributed by atoms with Gasteiger partial charge < -0.3 is 16.4 Å². The lowest BCUT2D eigenvalue weighted by molar-refractivity contribution is -0.127. The molecule has 5 nitrogen and oxygen atoms in total. The van der Waals surface area contributed by atoms with Gasteiger partial charge >= 0.3 is 0 Å². The van der Waals surface area contributed by atoms with E-state index in [0.29, 0.717) is 13.0 Å². The number of amides is 2. The predicted octanol–water partition coefficient (Wildman–Crippen LogP) is 0.814. The van der Waals surface area contributed by atoms with Crippen molar-refractivity contribution < 1.29 is 9.59 Å². The Morgan fingerprint density at radius 2 is 1.72 bits per heavy atom. The van der Waals surface area contributed by atoms with Gasteiger partial charge in [0, 0.05) is 19.0 Å². The van der Waals surface area contributed by atoms with Crippen molar-refractivity contribution in [2.75, 3.05) is 13.1 Å². The van der Waals surface area contributed by atoms with Crippen LogP contribution in [-0.2, 0) is 9.59 Å². The van der Waals surface area contributed by atoms with Gasteiger partial charge in [-0.1, -0.05) is 20.8 Å². The Balaban J connectivity index is 0. The monoisotopic (exact) mass is 279 g/mol. The van der Waals surface area contributed by atoms with E-state index in [1.54, 1.807) is 0 Å². The molecule has 0 rings (SSSR count). The minimum atomic E-state index is -0.173. The number of carbonyl (C=O) groups excluding carboxylic acids is 2. The Morgan fingerprint density at radius 1 is 1.17 bits per heavy atom. The van der Waals surface area contributed by atoms with Crippen molar-refractivity contribution in [3.05, 3.63) is 0 Å². The molecule has 0 bridgehead atoms.